The van der Waals surface area contributed by atoms with Crippen LogP contribution in [0.4, 0.5) is 4.79 Å². The van der Waals surface area contributed by atoms with E-state index >= 15 is 0 Å². The molecule has 0 radical (unpaired) electrons. The van der Waals surface area contributed by atoms with Crippen molar-refractivity contribution < 1.29 is 19.5 Å². The second-order valence-electron chi connectivity index (χ2n) is 2.83. The van der Waals surface area contributed by atoms with Crippen LogP contribution in [0.15, 0.2) is 30.3 Å². The number of ether oxygens (including phenoxy) is 1. The fourth-order valence-corrected chi connectivity index (χ4v) is 0.993. The van der Waals surface area contributed by atoms with Crippen molar-refractivity contribution in [2.24, 2.45) is 0 Å². The second kappa shape index (κ2) is 6.00. The molecule has 0 aliphatic heterocycles. The quantitative estimate of drug-likeness (QED) is 0.729. The van der Waals surface area contributed by atoms with Crippen LogP contribution in [0.25, 0.3) is 0 Å². The Morgan fingerprint density at radius 2 is 2.13 bits per heavy atom. The smallest absolute Gasteiger partial charge is 0.431 e. The summed E-state index contributed by atoms with van der Waals surface area (Å²) in [5.74, 6) is 0. The van der Waals surface area contributed by atoms with E-state index in [2.05, 4.69) is 4.74 Å². The number of methoxy groups -OCH3 is 1. The summed E-state index contributed by atoms with van der Waals surface area (Å²) in [6, 6.07) is 9.01. The van der Waals surface area contributed by atoms with Crippen molar-refractivity contribution in [3.05, 3.63) is 35.9 Å². The Kier molecular flexibility index (Phi) is 4.59. The molecule has 5 heteroatoms. The Labute approximate surface area is 87.6 Å². The number of hydrogen-bond donors (Lipinski definition) is 2. The monoisotopic (exact) mass is 211 g/mol. The molecule has 1 unspecified atom stereocenters. The van der Waals surface area contributed by atoms with Crippen molar-refractivity contribution >= 4 is 6.09 Å². The van der Waals surface area contributed by atoms with Crippen LogP contribution in [0.3, 0.4) is 0 Å². The maximum atomic E-state index is 10.6. The molecule has 1 amide bonds. The van der Waals surface area contributed by atoms with Crippen LogP contribution in [-0.4, -0.2) is 24.9 Å². The van der Waals surface area contributed by atoms with Gasteiger partial charge in [-0.2, -0.15) is 5.48 Å². The third-order valence-corrected chi connectivity index (χ3v) is 1.77. The number of aliphatic hydroxyl groups excluding tert-OH is 1. The van der Waals surface area contributed by atoms with Crippen molar-refractivity contribution in [1.82, 2.24) is 5.48 Å². The largest absolute Gasteiger partial charge is 0.451 e. The Bertz CT molecular complexity index is 302. The number of hydroxylamine groups is 1. The SMILES string of the molecule is COC(=O)NOCC(O)c1ccccc1. The van der Waals surface area contributed by atoms with Gasteiger partial charge in [0, 0.05) is 0 Å². The molecule has 0 spiro atoms. The highest BCUT2D eigenvalue weighted by Gasteiger charge is 2.07. The summed E-state index contributed by atoms with van der Waals surface area (Å²) < 4.78 is 4.28. The van der Waals surface area contributed by atoms with Crippen LogP contribution < -0.4 is 5.48 Å². The zero-order valence-electron chi connectivity index (χ0n) is 8.34. The Morgan fingerprint density at radius 3 is 2.73 bits per heavy atom. The van der Waals surface area contributed by atoms with Gasteiger partial charge in [0.05, 0.1) is 7.11 Å². The summed E-state index contributed by atoms with van der Waals surface area (Å²) in [5, 5.41) is 9.59. The molecule has 0 aliphatic rings. The number of rotatable bonds is 4. The number of carbonyl (C=O) groups is 1. The zero-order chi connectivity index (χ0) is 11.1. The molecule has 0 bridgehead atoms. The van der Waals surface area contributed by atoms with E-state index in [9.17, 15) is 9.90 Å². The molecular weight excluding hydrogens is 198 g/mol. The molecule has 0 saturated heterocycles. The molecule has 1 aromatic rings. The summed E-state index contributed by atoms with van der Waals surface area (Å²) in [4.78, 5) is 15.3. The van der Waals surface area contributed by atoms with Gasteiger partial charge >= 0.3 is 6.09 Å². The number of carbonyl (C=O) groups excluding carboxylic acids is 1. The first kappa shape index (κ1) is 11.5. The molecule has 1 atom stereocenters. The molecule has 15 heavy (non-hydrogen) atoms. The van der Waals surface area contributed by atoms with Crippen LogP contribution in [0.5, 0.6) is 0 Å². The van der Waals surface area contributed by atoms with Gasteiger partial charge in [0.2, 0.25) is 0 Å². The molecule has 5 nitrogen and oxygen atoms in total. The van der Waals surface area contributed by atoms with Crippen LogP contribution in [0.1, 0.15) is 11.7 Å². The van der Waals surface area contributed by atoms with Gasteiger partial charge in [0.15, 0.2) is 0 Å². The van der Waals surface area contributed by atoms with Gasteiger partial charge in [-0.1, -0.05) is 30.3 Å². The molecular formula is C10H13NO4. The molecule has 0 fully saturated rings. The molecule has 0 aromatic heterocycles. The van der Waals surface area contributed by atoms with Crippen LogP contribution in [-0.2, 0) is 9.57 Å². The first-order valence-electron chi connectivity index (χ1n) is 4.43. The summed E-state index contributed by atoms with van der Waals surface area (Å²) in [6.45, 7) is -0.0287. The van der Waals surface area contributed by atoms with E-state index in [0.717, 1.165) is 5.56 Å². The van der Waals surface area contributed by atoms with E-state index in [1.54, 1.807) is 12.1 Å². The van der Waals surface area contributed by atoms with Gasteiger partial charge in [-0.3, -0.25) is 4.84 Å². The van der Waals surface area contributed by atoms with Crippen LogP contribution in [0.2, 0.25) is 0 Å². The normalized spacial score (nSPS) is 11.9. The van der Waals surface area contributed by atoms with E-state index in [0.29, 0.717) is 0 Å². The summed E-state index contributed by atoms with van der Waals surface area (Å²) in [6.07, 6.45) is -1.47. The fourth-order valence-electron chi connectivity index (χ4n) is 0.993. The van der Waals surface area contributed by atoms with Crippen LogP contribution in [0, 0.1) is 0 Å². The topological polar surface area (TPSA) is 67.8 Å². The highest BCUT2D eigenvalue weighted by atomic mass is 16.7. The first-order valence-corrected chi connectivity index (χ1v) is 4.43. The summed E-state index contributed by atoms with van der Waals surface area (Å²) >= 11 is 0. The van der Waals surface area contributed by atoms with E-state index < -0.39 is 12.2 Å². The van der Waals surface area contributed by atoms with E-state index in [1.165, 1.54) is 7.11 Å². The standard InChI is InChI=1S/C10H13NO4/c1-14-10(13)11-15-7-9(12)8-5-3-2-4-6-8/h2-6,9,12H,7H2,1H3,(H,11,13). The van der Waals surface area contributed by atoms with Crippen molar-refractivity contribution in [2.45, 2.75) is 6.10 Å². The van der Waals surface area contributed by atoms with Crippen molar-refractivity contribution in [1.29, 1.82) is 0 Å². The van der Waals surface area contributed by atoms with Gasteiger partial charge in [-0.15, -0.1) is 0 Å². The van der Waals surface area contributed by atoms with Crippen molar-refractivity contribution in [3.63, 3.8) is 0 Å². The molecule has 0 heterocycles. The van der Waals surface area contributed by atoms with Gasteiger partial charge < -0.3 is 9.84 Å². The molecule has 0 saturated carbocycles. The molecule has 1 rings (SSSR count). The van der Waals surface area contributed by atoms with Crippen molar-refractivity contribution in [3.8, 4) is 0 Å². The highest BCUT2D eigenvalue weighted by Crippen LogP contribution is 2.11. The van der Waals surface area contributed by atoms with Gasteiger partial charge in [0.25, 0.3) is 0 Å². The Hall–Kier alpha value is -1.59. The third-order valence-electron chi connectivity index (χ3n) is 1.77. The lowest BCUT2D eigenvalue weighted by atomic mass is 10.1. The highest BCUT2D eigenvalue weighted by molar-refractivity contribution is 5.65. The van der Waals surface area contributed by atoms with Gasteiger partial charge in [-0.05, 0) is 5.56 Å². The maximum Gasteiger partial charge on any atom is 0.431 e. The summed E-state index contributed by atoms with van der Waals surface area (Å²) in [5.41, 5.74) is 2.74. The number of nitrogens with one attached hydrogen (secondary N) is 1. The fraction of sp³-hybridized carbons (Fsp3) is 0.300. The van der Waals surface area contributed by atoms with E-state index in [1.807, 2.05) is 23.7 Å². The average Bonchev–Trinajstić information content (AvgIpc) is 2.29. The lowest BCUT2D eigenvalue weighted by molar-refractivity contribution is -0.0162. The lowest BCUT2D eigenvalue weighted by Crippen LogP contribution is -2.25. The number of amides is 1. The zero-order valence-corrected chi connectivity index (χ0v) is 8.34. The van der Waals surface area contributed by atoms with E-state index in [4.69, 9.17) is 4.84 Å². The third kappa shape index (κ3) is 3.97. The predicted molar refractivity (Wildman–Crippen MR) is 52.9 cm³/mol. The van der Waals surface area contributed by atoms with Gasteiger partial charge in [0.1, 0.15) is 12.7 Å². The van der Waals surface area contributed by atoms with Crippen molar-refractivity contribution in [2.75, 3.05) is 13.7 Å². The lowest BCUT2D eigenvalue weighted by Gasteiger charge is -2.10. The maximum absolute atomic E-state index is 10.6. The minimum absolute atomic E-state index is 0.0287. The molecule has 1 aromatic carbocycles. The Balaban J connectivity index is 2.31. The number of benzene rings is 1. The number of aliphatic hydroxyl groups is 1. The minimum atomic E-state index is -0.775. The van der Waals surface area contributed by atoms with Crippen LogP contribution >= 0.6 is 0 Å². The molecule has 0 aliphatic carbocycles. The predicted octanol–water partition coefficient (Wildman–Crippen LogP) is 1.01. The van der Waals surface area contributed by atoms with Gasteiger partial charge in [-0.25, -0.2) is 4.79 Å². The molecule has 82 valence electrons. The summed E-state index contributed by atoms with van der Waals surface area (Å²) in [7, 11) is 1.23. The average molecular weight is 211 g/mol. The second-order valence-corrected chi connectivity index (χ2v) is 2.83. The number of hydrogen-bond acceptors (Lipinski definition) is 4. The van der Waals surface area contributed by atoms with E-state index in [-0.39, 0.29) is 6.61 Å². The Morgan fingerprint density at radius 1 is 1.47 bits per heavy atom. The first-order chi connectivity index (χ1) is 7.24. The molecule has 2 N–H and O–H groups in total. The minimum Gasteiger partial charge on any atom is -0.451 e.